The van der Waals surface area contributed by atoms with Crippen molar-refractivity contribution in [3.05, 3.63) is 64.4 Å². The van der Waals surface area contributed by atoms with Crippen LogP contribution in [0.25, 0.3) is 0 Å². The van der Waals surface area contributed by atoms with Gasteiger partial charge in [-0.1, -0.05) is 35.9 Å². The van der Waals surface area contributed by atoms with E-state index < -0.39 is 23.7 Å². The van der Waals surface area contributed by atoms with Gasteiger partial charge in [0.1, 0.15) is 11.9 Å². The highest BCUT2D eigenvalue weighted by molar-refractivity contribution is 6.39. The van der Waals surface area contributed by atoms with Crippen LogP contribution in [0.5, 0.6) is 0 Å². The van der Waals surface area contributed by atoms with Gasteiger partial charge < -0.3 is 15.4 Å². The minimum atomic E-state index is -0.891. The van der Waals surface area contributed by atoms with E-state index in [-0.39, 0.29) is 12.2 Å². The van der Waals surface area contributed by atoms with Crippen LogP contribution >= 0.6 is 11.6 Å². The number of carbonyl (C=O) groups is 2. The fourth-order valence-electron chi connectivity index (χ4n) is 2.18. The van der Waals surface area contributed by atoms with E-state index in [1.54, 1.807) is 31.2 Å². The van der Waals surface area contributed by atoms with Crippen LogP contribution in [0.1, 0.15) is 17.2 Å². The van der Waals surface area contributed by atoms with E-state index in [0.29, 0.717) is 16.1 Å². The number of nitrogens with one attached hydrogen (secondary N) is 2. The van der Waals surface area contributed by atoms with Gasteiger partial charge in [-0.25, -0.2) is 4.39 Å². The van der Waals surface area contributed by atoms with Crippen LogP contribution in [0, 0.1) is 12.7 Å². The number of anilines is 1. The maximum absolute atomic E-state index is 13.5. The highest BCUT2D eigenvalue weighted by atomic mass is 35.5. The molecule has 0 fully saturated rings. The average molecular weight is 365 g/mol. The van der Waals surface area contributed by atoms with Crippen molar-refractivity contribution in [1.82, 2.24) is 5.32 Å². The fraction of sp³-hybridized carbons (Fsp3) is 0.222. The van der Waals surface area contributed by atoms with Crippen LogP contribution in [-0.4, -0.2) is 25.5 Å². The van der Waals surface area contributed by atoms with E-state index in [0.717, 1.165) is 6.07 Å². The third-order valence-corrected chi connectivity index (χ3v) is 3.96. The quantitative estimate of drug-likeness (QED) is 0.800. The molecule has 0 aromatic heterocycles. The molecule has 2 amide bonds. The molecule has 5 nitrogen and oxygen atoms in total. The molecule has 0 bridgehead atoms. The molecule has 2 rings (SSSR count). The van der Waals surface area contributed by atoms with Crippen molar-refractivity contribution in [1.29, 1.82) is 0 Å². The van der Waals surface area contributed by atoms with Crippen LogP contribution in [0.2, 0.25) is 5.02 Å². The molecular formula is C18H18ClFN2O3. The second kappa shape index (κ2) is 8.60. The predicted octanol–water partition coefficient (Wildman–Crippen LogP) is 3.23. The van der Waals surface area contributed by atoms with E-state index in [4.69, 9.17) is 16.3 Å². The Hall–Kier alpha value is -2.44. The summed E-state index contributed by atoms with van der Waals surface area (Å²) in [6.07, 6.45) is -0.498. The van der Waals surface area contributed by atoms with Crippen LogP contribution in [0.15, 0.2) is 42.5 Å². The first kappa shape index (κ1) is 18.9. The summed E-state index contributed by atoms with van der Waals surface area (Å²) >= 11 is 6.10. The molecule has 132 valence electrons. The topological polar surface area (TPSA) is 67.4 Å². The number of ether oxygens (including phenoxy) is 1. The van der Waals surface area contributed by atoms with Crippen LogP contribution in [0.4, 0.5) is 10.1 Å². The summed E-state index contributed by atoms with van der Waals surface area (Å²) in [4.78, 5) is 23.8. The molecule has 2 N–H and O–H groups in total. The normalized spacial score (nSPS) is 11.7. The largest absolute Gasteiger partial charge is 0.375 e. The monoisotopic (exact) mass is 364 g/mol. The van der Waals surface area contributed by atoms with Gasteiger partial charge in [0, 0.05) is 29.9 Å². The SMILES string of the molecule is COC(CNC(=O)C(=O)Nc1ccc(C)c(F)c1)c1ccccc1Cl. The van der Waals surface area contributed by atoms with Crippen molar-refractivity contribution in [2.75, 3.05) is 19.0 Å². The Morgan fingerprint density at radius 1 is 1.20 bits per heavy atom. The molecule has 0 aliphatic rings. The molecule has 7 heteroatoms. The second-order valence-corrected chi connectivity index (χ2v) is 5.78. The van der Waals surface area contributed by atoms with E-state index in [1.807, 2.05) is 0 Å². The van der Waals surface area contributed by atoms with Gasteiger partial charge in [-0.05, 0) is 30.7 Å². The van der Waals surface area contributed by atoms with Crippen molar-refractivity contribution >= 4 is 29.1 Å². The lowest BCUT2D eigenvalue weighted by Gasteiger charge is -2.17. The zero-order valence-electron chi connectivity index (χ0n) is 13.8. The molecule has 1 atom stereocenters. The Labute approximate surface area is 150 Å². The minimum Gasteiger partial charge on any atom is -0.375 e. The lowest BCUT2D eigenvalue weighted by molar-refractivity contribution is -0.136. The molecule has 2 aromatic rings. The van der Waals surface area contributed by atoms with Gasteiger partial charge >= 0.3 is 11.8 Å². The number of halogens is 2. The summed E-state index contributed by atoms with van der Waals surface area (Å²) in [5, 5.41) is 5.32. The van der Waals surface area contributed by atoms with Crippen molar-refractivity contribution in [3.63, 3.8) is 0 Å². The van der Waals surface area contributed by atoms with E-state index in [1.165, 1.54) is 19.2 Å². The Bertz CT molecular complexity index is 783. The van der Waals surface area contributed by atoms with Crippen LogP contribution in [-0.2, 0) is 14.3 Å². The predicted molar refractivity (Wildman–Crippen MR) is 94.0 cm³/mol. The standard InChI is InChI=1S/C18H18ClFN2O3/c1-11-7-8-12(9-15(11)20)22-18(24)17(23)21-10-16(25-2)13-5-3-4-6-14(13)19/h3-9,16H,10H2,1-2H3,(H,21,23)(H,22,24). The number of aryl methyl sites for hydroxylation is 1. The molecule has 0 aliphatic carbocycles. The van der Waals surface area contributed by atoms with Crippen molar-refractivity contribution in [3.8, 4) is 0 Å². The van der Waals surface area contributed by atoms with Crippen molar-refractivity contribution < 1.29 is 18.7 Å². The minimum absolute atomic E-state index is 0.0642. The van der Waals surface area contributed by atoms with Gasteiger partial charge in [0.15, 0.2) is 0 Å². The van der Waals surface area contributed by atoms with Gasteiger partial charge in [-0.3, -0.25) is 9.59 Å². The molecule has 0 saturated heterocycles. The second-order valence-electron chi connectivity index (χ2n) is 5.37. The summed E-state index contributed by atoms with van der Waals surface area (Å²) in [6.45, 7) is 1.67. The van der Waals surface area contributed by atoms with E-state index in [9.17, 15) is 14.0 Å². The molecule has 0 radical (unpaired) electrons. The first-order valence-corrected chi connectivity index (χ1v) is 7.92. The van der Waals surface area contributed by atoms with Gasteiger partial charge in [0.25, 0.3) is 0 Å². The molecule has 0 aliphatic heterocycles. The summed E-state index contributed by atoms with van der Waals surface area (Å²) in [5.41, 5.74) is 1.36. The van der Waals surface area contributed by atoms with Gasteiger partial charge in [0.2, 0.25) is 0 Å². The van der Waals surface area contributed by atoms with Gasteiger partial charge in [-0.2, -0.15) is 0 Å². The molecule has 0 heterocycles. The zero-order valence-corrected chi connectivity index (χ0v) is 14.6. The Morgan fingerprint density at radius 2 is 1.92 bits per heavy atom. The number of methoxy groups -OCH3 is 1. The lowest BCUT2D eigenvalue weighted by atomic mass is 10.1. The van der Waals surface area contributed by atoms with Crippen LogP contribution in [0.3, 0.4) is 0 Å². The highest BCUT2D eigenvalue weighted by Crippen LogP contribution is 2.24. The molecule has 1 unspecified atom stereocenters. The first-order chi connectivity index (χ1) is 11.9. The number of benzene rings is 2. The number of hydrogen-bond donors (Lipinski definition) is 2. The summed E-state index contributed by atoms with van der Waals surface area (Å²) in [5.74, 6) is -2.20. The third kappa shape index (κ3) is 5.01. The number of carbonyl (C=O) groups excluding carboxylic acids is 2. The molecule has 25 heavy (non-hydrogen) atoms. The zero-order chi connectivity index (χ0) is 18.4. The number of amides is 2. The maximum atomic E-state index is 13.5. The molecular weight excluding hydrogens is 347 g/mol. The molecule has 0 saturated carbocycles. The van der Waals surface area contributed by atoms with E-state index in [2.05, 4.69) is 10.6 Å². The van der Waals surface area contributed by atoms with Crippen molar-refractivity contribution in [2.24, 2.45) is 0 Å². The van der Waals surface area contributed by atoms with Gasteiger partial charge in [-0.15, -0.1) is 0 Å². The number of rotatable bonds is 5. The summed E-state index contributed by atoms with van der Waals surface area (Å²) in [7, 11) is 1.48. The van der Waals surface area contributed by atoms with Gasteiger partial charge in [0.05, 0.1) is 0 Å². The average Bonchev–Trinajstić information content (AvgIpc) is 2.59. The lowest BCUT2D eigenvalue weighted by Crippen LogP contribution is -2.38. The van der Waals surface area contributed by atoms with Crippen molar-refractivity contribution in [2.45, 2.75) is 13.0 Å². The molecule has 0 spiro atoms. The Morgan fingerprint density at radius 3 is 2.56 bits per heavy atom. The summed E-state index contributed by atoms with van der Waals surface area (Å²) in [6, 6.07) is 11.3. The molecule has 2 aromatic carbocycles. The smallest absolute Gasteiger partial charge is 0.313 e. The first-order valence-electron chi connectivity index (χ1n) is 7.55. The maximum Gasteiger partial charge on any atom is 0.313 e. The Kier molecular flexibility index (Phi) is 6.50. The fourth-order valence-corrected chi connectivity index (χ4v) is 2.44. The Balaban J connectivity index is 1.95. The number of hydrogen-bond acceptors (Lipinski definition) is 3. The highest BCUT2D eigenvalue weighted by Gasteiger charge is 2.18. The summed E-state index contributed by atoms with van der Waals surface area (Å²) < 4.78 is 18.8. The third-order valence-electron chi connectivity index (χ3n) is 3.62. The van der Waals surface area contributed by atoms with E-state index >= 15 is 0 Å². The van der Waals surface area contributed by atoms with Crippen LogP contribution < -0.4 is 10.6 Å².